The lowest BCUT2D eigenvalue weighted by atomic mass is 10.1. The van der Waals surface area contributed by atoms with E-state index in [4.69, 9.17) is 4.74 Å². The molecule has 0 unspecified atom stereocenters. The van der Waals surface area contributed by atoms with E-state index >= 15 is 0 Å². The molecule has 4 aromatic rings. The van der Waals surface area contributed by atoms with Crippen LogP contribution in [-0.2, 0) is 13.0 Å². The molecular weight excluding hydrogens is 364 g/mol. The van der Waals surface area contributed by atoms with Crippen LogP contribution in [0.4, 0.5) is 14.6 Å². The average molecular weight is 381 g/mol. The third kappa shape index (κ3) is 3.62. The van der Waals surface area contributed by atoms with Gasteiger partial charge in [-0.3, -0.25) is 0 Å². The molecule has 0 aliphatic heterocycles. The summed E-state index contributed by atoms with van der Waals surface area (Å²) >= 11 is 0. The van der Waals surface area contributed by atoms with Crippen molar-refractivity contribution in [3.05, 3.63) is 77.4 Å². The Labute approximate surface area is 159 Å². The summed E-state index contributed by atoms with van der Waals surface area (Å²) in [7, 11) is 1.55. The van der Waals surface area contributed by atoms with Crippen molar-refractivity contribution in [1.82, 2.24) is 19.9 Å². The minimum atomic E-state index is -0.582. The van der Waals surface area contributed by atoms with Crippen molar-refractivity contribution in [2.24, 2.45) is 0 Å². The molecule has 4 aromatic heterocycles. The number of aromatic amines is 1. The van der Waals surface area contributed by atoms with Gasteiger partial charge in [0.2, 0.25) is 11.8 Å². The molecule has 0 aromatic carbocycles. The molecule has 28 heavy (non-hydrogen) atoms. The van der Waals surface area contributed by atoms with Gasteiger partial charge >= 0.3 is 0 Å². The topological polar surface area (TPSA) is 75.7 Å². The van der Waals surface area contributed by atoms with E-state index in [0.29, 0.717) is 34.8 Å². The molecule has 0 bridgehead atoms. The van der Waals surface area contributed by atoms with Gasteiger partial charge in [0.15, 0.2) is 0 Å². The van der Waals surface area contributed by atoms with Crippen molar-refractivity contribution in [3.63, 3.8) is 0 Å². The Morgan fingerprint density at radius 3 is 2.82 bits per heavy atom. The molecule has 0 spiro atoms. The Kier molecular flexibility index (Phi) is 4.84. The summed E-state index contributed by atoms with van der Waals surface area (Å²) in [5.41, 5.74) is 2.57. The van der Waals surface area contributed by atoms with Crippen molar-refractivity contribution in [3.8, 4) is 5.88 Å². The van der Waals surface area contributed by atoms with Crippen molar-refractivity contribution >= 4 is 16.9 Å². The highest BCUT2D eigenvalue weighted by molar-refractivity contribution is 5.80. The van der Waals surface area contributed by atoms with E-state index in [0.717, 1.165) is 17.3 Å². The highest BCUT2D eigenvalue weighted by atomic mass is 19.1. The van der Waals surface area contributed by atoms with Crippen LogP contribution in [0, 0.1) is 11.8 Å². The van der Waals surface area contributed by atoms with E-state index in [1.54, 1.807) is 37.7 Å². The zero-order valence-electron chi connectivity index (χ0n) is 15.0. The second kappa shape index (κ2) is 7.59. The lowest BCUT2D eigenvalue weighted by Gasteiger charge is -2.10. The molecule has 0 aliphatic carbocycles. The molecule has 6 nitrogen and oxygen atoms in total. The smallest absolute Gasteiger partial charge is 0.218 e. The molecule has 0 amide bonds. The number of ether oxygens (including phenoxy) is 1. The molecule has 0 atom stereocenters. The summed E-state index contributed by atoms with van der Waals surface area (Å²) in [5, 5.41) is 3.69. The fourth-order valence-corrected chi connectivity index (χ4v) is 3.01. The van der Waals surface area contributed by atoms with Gasteiger partial charge < -0.3 is 15.0 Å². The largest absolute Gasteiger partial charge is 0.481 e. The Hall–Kier alpha value is -3.55. The lowest BCUT2D eigenvalue weighted by molar-refractivity contribution is 0.393. The van der Waals surface area contributed by atoms with Gasteiger partial charge in [0.05, 0.1) is 13.3 Å². The number of hydrogen-bond acceptors (Lipinski definition) is 5. The Morgan fingerprint density at radius 1 is 1.11 bits per heavy atom. The number of anilines is 1. The lowest BCUT2D eigenvalue weighted by Crippen LogP contribution is -2.06. The normalized spacial score (nSPS) is 11.0. The molecule has 0 fully saturated rings. The molecule has 0 saturated heterocycles. The van der Waals surface area contributed by atoms with Crippen molar-refractivity contribution in [2.45, 2.75) is 13.0 Å². The van der Waals surface area contributed by atoms with Gasteiger partial charge in [-0.05, 0) is 23.8 Å². The van der Waals surface area contributed by atoms with E-state index in [-0.39, 0.29) is 6.42 Å². The molecular formula is C20H17F2N5O. The molecule has 8 heteroatoms. The van der Waals surface area contributed by atoms with E-state index < -0.39 is 11.8 Å². The highest BCUT2D eigenvalue weighted by Crippen LogP contribution is 2.22. The Morgan fingerprint density at radius 2 is 2.00 bits per heavy atom. The first-order chi connectivity index (χ1) is 13.6. The molecule has 4 heterocycles. The molecule has 0 radical (unpaired) electrons. The monoisotopic (exact) mass is 381 g/mol. The molecule has 142 valence electrons. The number of fused-ring (bicyclic) bond motifs is 1. The van der Waals surface area contributed by atoms with Gasteiger partial charge in [0.25, 0.3) is 0 Å². The predicted octanol–water partition coefficient (Wildman–Crippen LogP) is 3.84. The quantitative estimate of drug-likeness (QED) is 0.496. The van der Waals surface area contributed by atoms with Crippen LogP contribution in [0.3, 0.4) is 0 Å². The maximum Gasteiger partial charge on any atom is 0.218 e. The van der Waals surface area contributed by atoms with Gasteiger partial charge in [-0.25, -0.2) is 19.3 Å². The Bertz CT molecular complexity index is 1130. The number of hydrogen-bond donors (Lipinski definition) is 2. The SMILES string of the molecule is COc1ncccc1CNc1ccc(Cc2c[nH]c3ncc(F)cc23)c(F)n1. The van der Waals surface area contributed by atoms with Crippen LogP contribution >= 0.6 is 0 Å². The van der Waals surface area contributed by atoms with Crippen LogP contribution < -0.4 is 10.1 Å². The van der Waals surface area contributed by atoms with Gasteiger partial charge in [-0.1, -0.05) is 12.1 Å². The number of methoxy groups -OCH3 is 1. The second-order valence-electron chi connectivity index (χ2n) is 6.21. The van der Waals surface area contributed by atoms with Gasteiger partial charge in [0.1, 0.15) is 17.3 Å². The van der Waals surface area contributed by atoms with Crippen LogP contribution in [0.2, 0.25) is 0 Å². The number of nitrogens with zero attached hydrogens (tertiary/aromatic N) is 3. The summed E-state index contributed by atoms with van der Waals surface area (Å²) in [5.74, 6) is -0.106. The van der Waals surface area contributed by atoms with Gasteiger partial charge in [-0.2, -0.15) is 4.39 Å². The first kappa shape index (κ1) is 17.8. The number of H-pyrrole nitrogens is 1. The van der Waals surface area contributed by atoms with E-state index in [9.17, 15) is 8.78 Å². The van der Waals surface area contributed by atoms with Crippen LogP contribution in [0.25, 0.3) is 11.0 Å². The first-order valence-electron chi connectivity index (χ1n) is 8.62. The summed E-state index contributed by atoms with van der Waals surface area (Å²) in [6.45, 7) is 0.399. The van der Waals surface area contributed by atoms with Gasteiger partial charge in [0, 0.05) is 41.9 Å². The second-order valence-corrected chi connectivity index (χ2v) is 6.21. The highest BCUT2D eigenvalue weighted by Gasteiger charge is 2.12. The van der Waals surface area contributed by atoms with Crippen LogP contribution in [0.1, 0.15) is 16.7 Å². The zero-order chi connectivity index (χ0) is 19.5. The van der Waals surface area contributed by atoms with Crippen LogP contribution in [-0.4, -0.2) is 27.0 Å². The minimum absolute atomic E-state index is 0.278. The number of pyridine rings is 3. The number of rotatable bonds is 6. The number of nitrogens with one attached hydrogen (secondary N) is 2. The fourth-order valence-electron chi connectivity index (χ4n) is 3.01. The third-order valence-corrected chi connectivity index (χ3v) is 4.39. The van der Waals surface area contributed by atoms with Crippen molar-refractivity contribution in [1.29, 1.82) is 0 Å². The maximum absolute atomic E-state index is 14.5. The third-order valence-electron chi connectivity index (χ3n) is 4.39. The summed E-state index contributed by atoms with van der Waals surface area (Å²) in [6, 6.07) is 8.42. The van der Waals surface area contributed by atoms with Crippen LogP contribution in [0.5, 0.6) is 5.88 Å². The summed E-state index contributed by atoms with van der Waals surface area (Å²) < 4.78 is 33.2. The van der Waals surface area contributed by atoms with E-state index in [2.05, 4.69) is 25.3 Å². The first-order valence-corrected chi connectivity index (χ1v) is 8.62. The molecule has 4 rings (SSSR count). The predicted molar refractivity (Wildman–Crippen MR) is 101 cm³/mol. The molecule has 2 N–H and O–H groups in total. The summed E-state index contributed by atoms with van der Waals surface area (Å²) in [4.78, 5) is 15.1. The van der Waals surface area contributed by atoms with Crippen molar-refractivity contribution < 1.29 is 13.5 Å². The minimum Gasteiger partial charge on any atom is -0.481 e. The average Bonchev–Trinajstić information content (AvgIpc) is 3.10. The zero-order valence-corrected chi connectivity index (χ0v) is 15.0. The molecule has 0 aliphatic rings. The maximum atomic E-state index is 14.5. The standard InChI is InChI=1S/C20H17F2N5O/c1-28-20-13(3-2-6-23-20)9-24-17-5-4-12(18(22)27-17)7-14-10-25-19-16(14)8-15(21)11-26-19/h2-6,8,10-11H,7,9H2,1H3,(H,24,27)(H,25,26). The molecule has 0 saturated carbocycles. The van der Waals surface area contributed by atoms with E-state index in [1.807, 2.05) is 6.07 Å². The number of aromatic nitrogens is 4. The fraction of sp³-hybridized carbons (Fsp3) is 0.150. The van der Waals surface area contributed by atoms with Crippen molar-refractivity contribution in [2.75, 3.05) is 12.4 Å². The summed E-state index contributed by atoms with van der Waals surface area (Å²) in [6.07, 6.45) is 4.77. The Balaban J connectivity index is 1.50. The van der Waals surface area contributed by atoms with Crippen LogP contribution in [0.15, 0.2) is 48.9 Å². The van der Waals surface area contributed by atoms with Gasteiger partial charge in [-0.15, -0.1) is 0 Å². The van der Waals surface area contributed by atoms with E-state index in [1.165, 1.54) is 6.07 Å². The number of halogens is 2.